The summed E-state index contributed by atoms with van der Waals surface area (Å²) in [4.78, 5) is 6.54. The van der Waals surface area contributed by atoms with E-state index >= 15 is 0 Å². The van der Waals surface area contributed by atoms with E-state index in [1.165, 1.54) is 0 Å². The molecule has 2 aromatic carbocycles. The molecule has 96 valence electrons. The van der Waals surface area contributed by atoms with Crippen molar-refractivity contribution in [1.82, 2.24) is 4.98 Å². The van der Waals surface area contributed by atoms with Gasteiger partial charge >= 0.3 is 0 Å². The number of oxazole rings is 1. The fraction of sp³-hybridized carbons (Fsp3) is 0.133. The van der Waals surface area contributed by atoms with Crippen LogP contribution >= 0.6 is 0 Å². The summed E-state index contributed by atoms with van der Waals surface area (Å²) < 4.78 is 5.71. The van der Waals surface area contributed by atoms with Crippen molar-refractivity contribution in [2.75, 3.05) is 17.7 Å². The van der Waals surface area contributed by atoms with E-state index in [1.807, 2.05) is 43.4 Å². The largest absolute Gasteiger partial charge is 0.439 e. The van der Waals surface area contributed by atoms with Crippen LogP contribution in [-0.2, 0) is 6.54 Å². The van der Waals surface area contributed by atoms with E-state index in [1.54, 1.807) is 0 Å². The van der Waals surface area contributed by atoms with E-state index in [9.17, 15) is 0 Å². The van der Waals surface area contributed by atoms with E-state index in [-0.39, 0.29) is 0 Å². The lowest BCUT2D eigenvalue weighted by Gasteiger charge is -2.16. The summed E-state index contributed by atoms with van der Waals surface area (Å²) in [5, 5.41) is 0. The van der Waals surface area contributed by atoms with Crippen LogP contribution in [0.2, 0.25) is 0 Å². The third kappa shape index (κ3) is 2.38. The van der Waals surface area contributed by atoms with E-state index in [4.69, 9.17) is 10.2 Å². The Balaban J connectivity index is 1.85. The third-order valence-electron chi connectivity index (χ3n) is 3.03. The van der Waals surface area contributed by atoms with Crippen molar-refractivity contribution in [3.05, 3.63) is 54.4 Å². The minimum atomic E-state index is 0.624. The predicted molar refractivity (Wildman–Crippen MR) is 77.0 cm³/mol. The van der Waals surface area contributed by atoms with Gasteiger partial charge in [-0.1, -0.05) is 18.2 Å². The van der Waals surface area contributed by atoms with Crippen LogP contribution in [0.25, 0.3) is 11.1 Å². The molecule has 4 heteroatoms. The SMILES string of the molecule is CN(Cc1nc2cc(N)ccc2o1)c1ccccc1. The molecule has 0 aliphatic heterocycles. The van der Waals surface area contributed by atoms with Gasteiger partial charge in [0, 0.05) is 18.4 Å². The number of nitrogen functional groups attached to an aromatic ring is 1. The standard InChI is InChI=1S/C15H15N3O/c1-18(12-5-3-2-4-6-12)10-15-17-13-9-11(16)7-8-14(13)19-15/h2-9H,10,16H2,1H3. The van der Waals surface area contributed by atoms with E-state index < -0.39 is 0 Å². The summed E-state index contributed by atoms with van der Waals surface area (Å²) in [5.74, 6) is 0.687. The molecule has 0 atom stereocenters. The molecular weight excluding hydrogens is 238 g/mol. The second kappa shape index (κ2) is 4.65. The van der Waals surface area contributed by atoms with Crippen molar-refractivity contribution in [1.29, 1.82) is 0 Å². The Morgan fingerprint density at radius 1 is 1.16 bits per heavy atom. The fourth-order valence-electron chi connectivity index (χ4n) is 2.04. The van der Waals surface area contributed by atoms with Crippen molar-refractivity contribution in [2.24, 2.45) is 0 Å². The molecule has 0 bridgehead atoms. The summed E-state index contributed by atoms with van der Waals surface area (Å²) in [6, 6.07) is 15.6. The maximum absolute atomic E-state index is 5.73. The van der Waals surface area contributed by atoms with Crippen LogP contribution in [0, 0.1) is 0 Å². The van der Waals surface area contributed by atoms with Crippen LogP contribution < -0.4 is 10.6 Å². The zero-order valence-electron chi connectivity index (χ0n) is 10.7. The highest BCUT2D eigenvalue weighted by Gasteiger charge is 2.09. The van der Waals surface area contributed by atoms with Gasteiger partial charge < -0.3 is 15.1 Å². The van der Waals surface area contributed by atoms with Crippen LogP contribution in [0.3, 0.4) is 0 Å². The lowest BCUT2D eigenvalue weighted by molar-refractivity contribution is 0.527. The molecule has 0 saturated heterocycles. The molecule has 1 heterocycles. The van der Waals surface area contributed by atoms with Crippen LogP contribution in [0.15, 0.2) is 52.9 Å². The van der Waals surface area contributed by atoms with Gasteiger partial charge in [0.05, 0.1) is 6.54 Å². The van der Waals surface area contributed by atoms with Gasteiger partial charge in [0.2, 0.25) is 5.89 Å². The number of nitrogens with two attached hydrogens (primary N) is 1. The van der Waals surface area contributed by atoms with Crippen molar-refractivity contribution in [3.8, 4) is 0 Å². The number of benzene rings is 2. The van der Waals surface area contributed by atoms with Crippen LogP contribution in [-0.4, -0.2) is 12.0 Å². The molecule has 4 nitrogen and oxygen atoms in total. The first kappa shape index (κ1) is 11.6. The van der Waals surface area contributed by atoms with Gasteiger partial charge in [-0.3, -0.25) is 0 Å². The quantitative estimate of drug-likeness (QED) is 0.729. The van der Waals surface area contributed by atoms with Gasteiger partial charge in [-0.2, -0.15) is 0 Å². The van der Waals surface area contributed by atoms with E-state index in [2.05, 4.69) is 22.0 Å². The zero-order valence-corrected chi connectivity index (χ0v) is 10.7. The first-order valence-corrected chi connectivity index (χ1v) is 6.13. The molecule has 19 heavy (non-hydrogen) atoms. The van der Waals surface area contributed by atoms with Crippen LogP contribution in [0.4, 0.5) is 11.4 Å². The number of aromatic nitrogens is 1. The Bertz CT molecular complexity index is 691. The summed E-state index contributed by atoms with van der Waals surface area (Å²) in [6.07, 6.45) is 0. The molecule has 3 rings (SSSR count). The zero-order chi connectivity index (χ0) is 13.2. The molecule has 1 aromatic heterocycles. The van der Waals surface area contributed by atoms with Gasteiger partial charge in [0.25, 0.3) is 0 Å². The summed E-state index contributed by atoms with van der Waals surface area (Å²) in [6.45, 7) is 0.624. The number of hydrogen-bond acceptors (Lipinski definition) is 4. The van der Waals surface area contributed by atoms with Gasteiger partial charge in [-0.25, -0.2) is 4.98 Å². The average molecular weight is 253 g/mol. The van der Waals surface area contributed by atoms with Gasteiger partial charge in [0.1, 0.15) is 5.52 Å². The monoisotopic (exact) mass is 253 g/mol. The minimum absolute atomic E-state index is 0.624. The lowest BCUT2D eigenvalue weighted by atomic mass is 10.3. The Labute approximate surface area is 111 Å². The Morgan fingerprint density at radius 3 is 2.74 bits per heavy atom. The molecule has 0 amide bonds. The molecule has 0 unspecified atom stereocenters. The second-order valence-electron chi connectivity index (χ2n) is 4.53. The molecule has 0 fully saturated rings. The van der Waals surface area contributed by atoms with Crippen LogP contribution in [0.5, 0.6) is 0 Å². The molecule has 0 radical (unpaired) electrons. The summed E-state index contributed by atoms with van der Waals surface area (Å²) >= 11 is 0. The topological polar surface area (TPSA) is 55.3 Å². The number of fused-ring (bicyclic) bond motifs is 1. The number of hydrogen-bond donors (Lipinski definition) is 1. The number of para-hydroxylation sites is 1. The predicted octanol–water partition coefficient (Wildman–Crippen LogP) is 3.05. The van der Waals surface area contributed by atoms with Crippen molar-refractivity contribution in [2.45, 2.75) is 6.54 Å². The van der Waals surface area contributed by atoms with Gasteiger partial charge in [-0.05, 0) is 30.3 Å². The van der Waals surface area contributed by atoms with E-state index in [0.717, 1.165) is 16.8 Å². The number of rotatable bonds is 3. The minimum Gasteiger partial charge on any atom is -0.439 e. The average Bonchev–Trinajstić information content (AvgIpc) is 2.81. The van der Waals surface area contributed by atoms with Crippen molar-refractivity contribution >= 4 is 22.5 Å². The Kier molecular flexibility index (Phi) is 2.83. The molecule has 2 N–H and O–H groups in total. The molecule has 0 spiro atoms. The number of nitrogens with zero attached hydrogens (tertiary/aromatic N) is 2. The molecule has 3 aromatic rings. The maximum atomic E-state index is 5.73. The first-order chi connectivity index (χ1) is 9.22. The van der Waals surface area contributed by atoms with Crippen molar-refractivity contribution in [3.63, 3.8) is 0 Å². The maximum Gasteiger partial charge on any atom is 0.215 e. The fourth-order valence-corrected chi connectivity index (χ4v) is 2.04. The smallest absolute Gasteiger partial charge is 0.215 e. The molecule has 0 aliphatic carbocycles. The highest BCUT2D eigenvalue weighted by molar-refractivity contribution is 5.76. The summed E-state index contributed by atoms with van der Waals surface area (Å²) in [5.41, 5.74) is 9.13. The highest BCUT2D eigenvalue weighted by Crippen LogP contribution is 2.20. The van der Waals surface area contributed by atoms with E-state index in [0.29, 0.717) is 18.1 Å². The summed E-state index contributed by atoms with van der Waals surface area (Å²) in [7, 11) is 2.01. The molecular formula is C15H15N3O. The normalized spacial score (nSPS) is 10.8. The molecule has 0 saturated carbocycles. The van der Waals surface area contributed by atoms with Gasteiger partial charge in [0.15, 0.2) is 5.58 Å². The van der Waals surface area contributed by atoms with Crippen molar-refractivity contribution < 1.29 is 4.42 Å². The second-order valence-corrected chi connectivity index (χ2v) is 4.53. The van der Waals surface area contributed by atoms with Crippen LogP contribution in [0.1, 0.15) is 5.89 Å². The Hall–Kier alpha value is -2.49. The number of anilines is 2. The third-order valence-corrected chi connectivity index (χ3v) is 3.03. The van der Waals surface area contributed by atoms with Gasteiger partial charge in [-0.15, -0.1) is 0 Å². The lowest BCUT2D eigenvalue weighted by Crippen LogP contribution is -2.16. The first-order valence-electron chi connectivity index (χ1n) is 6.13. The highest BCUT2D eigenvalue weighted by atomic mass is 16.3. The molecule has 0 aliphatic rings. The Morgan fingerprint density at radius 2 is 1.95 bits per heavy atom.